The van der Waals surface area contributed by atoms with Gasteiger partial charge in [-0.05, 0) is 43.6 Å². The first-order chi connectivity index (χ1) is 12.9. The summed E-state index contributed by atoms with van der Waals surface area (Å²) in [4.78, 5) is 14.8. The lowest BCUT2D eigenvalue weighted by Crippen LogP contribution is -2.35. The third-order valence-corrected chi connectivity index (χ3v) is 4.72. The summed E-state index contributed by atoms with van der Waals surface area (Å²) < 4.78 is 41.6. The molecular formula is C21H22F3NO2. The van der Waals surface area contributed by atoms with Crippen LogP contribution in [0, 0.1) is 5.92 Å². The van der Waals surface area contributed by atoms with Crippen LogP contribution in [0.25, 0.3) is 0 Å². The molecular weight excluding hydrogens is 355 g/mol. The van der Waals surface area contributed by atoms with E-state index in [0.29, 0.717) is 6.54 Å². The fourth-order valence-electron chi connectivity index (χ4n) is 3.35. The van der Waals surface area contributed by atoms with Gasteiger partial charge in [0.2, 0.25) is 0 Å². The van der Waals surface area contributed by atoms with E-state index in [1.54, 1.807) is 12.1 Å². The van der Waals surface area contributed by atoms with Crippen molar-refractivity contribution in [2.45, 2.75) is 25.6 Å². The predicted octanol–water partition coefficient (Wildman–Crippen LogP) is 4.72. The lowest BCUT2D eigenvalue weighted by Gasteiger charge is -2.31. The molecule has 1 saturated heterocycles. The van der Waals surface area contributed by atoms with Crippen molar-refractivity contribution < 1.29 is 22.7 Å². The number of likely N-dealkylation sites (tertiary alicyclic amines) is 1. The molecule has 0 unspecified atom stereocenters. The largest absolute Gasteiger partial charge is 0.484 e. The smallest absolute Gasteiger partial charge is 0.422 e. The molecule has 1 heterocycles. The highest BCUT2D eigenvalue weighted by atomic mass is 19.4. The third-order valence-electron chi connectivity index (χ3n) is 4.72. The Kier molecular flexibility index (Phi) is 6.16. The number of rotatable bonds is 6. The Morgan fingerprint density at radius 3 is 2.41 bits per heavy atom. The van der Waals surface area contributed by atoms with E-state index in [0.717, 1.165) is 37.1 Å². The first-order valence-corrected chi connectivity index (χ1v) is 9.01. The van der Waals surface area contributed by atoms with E-state index in [4.69, 9.17) is 4.74 Å². The molecule has 0 saturated carbocycles. The zero-order chi connectivity index (χ0) is 19.3. The molecule has 1 aliphatic rings. The Bertz CT molecular complexity index is 754. The molecule has 0 bridgehead atoms. The molecule has 1 fully saturated rings. The normalized spacial score (nSPS) is 16.3. The topological polar surface area (TPSA) is 29.5 Å². The fourth-order valence-corrected chi connectivity index (χ4v) is 3.35. The summed E-state index contributed by atoms with van der Waals surface area (Å²) in [7, 11) is 0. The number of benzene rings is 2. The maximum atomic E-state index is 12.5. The Balaban J connectivity index is 1.51. The monoisotopic (exact) mass is 377 g/mol. The summed E-state index contributed by atoms with van der Waals surface area (Å²) in [6, 6.07) is 16.1. The SMILES string of the molecule is O=C(c1ccccc1)C1CCN(Cc2cccc(OCC(F)(F)F)c2)CC1. The summed E-state index contributed by atoms with van der Waals surface area (Å²) >= 11 is 0. The first kappa shape index (κ1) is 19.4. The van der Waals surface area contributed by atoms with Crippen LogP contribution in [-0.4, -0.2) is 36.6 Å². The van der Waals surface area contributed by atoms with Crippen molar-refractivity contribution in [3.05, 3.63) is 65.7 Å². The number of hydrogen-bond acceptors (Lipinski definition) is 3. The molecule has 0 amide bonds. The standard InChI is InChI=1S/C21H22F3NO2/c22-21(23,24)15-27-19-8-4-5-16(13-19)14-25-11-9-18(10-12-25)20(26)17-6-2-1-3-7-17/h1-8,13,18H,9-12,14-15H2. The number of alkyl halides is 3. The second kappa shape index (κ2) is 8.57. The van der Waals surface area contributed by atoms with Crippen LogP contribution in [0.5, 0.6) is 5.75 Å². The molecule has 0 N–H and O–H groups in total. The van der Waals surface area contributed by atoms with Crippen LogP contribution in [0.4, 0.5) is 13.2 Å². The predicted molar refractivity (Wildman–Crippen MR) is 96.8 cm³/mol. The molecule has 3 rings (SSSR count). The van der Waals surface area contributed by atoms with E-state index in [9.17, 15) is 18.0 Å². The molecule has 0 radical (unpaired) electrons. The van der Waals surface area contributed by atoms with Gasteiger partial charge in [0.15, 0.2) is 12.4 Å². The summed E-state index contributed by atoms with van der Waals surface area (Å²) in [5.41, 5.74) is 1.66. The average molecular weight is 377 g/mol. The molecule has 0 spiro atoms. The molecule has 2 aromatic rings. The van der Waals surface area contributed by atoms with Crippen LogP contribution in [-0.2, 0) is 6.54 Å². The molecule has 27 heavy (non-hydrogen) atoms. The van der Waals surface area contributed by atoms with Crippen molar-refractivity contribution in [1.82, 2.24) is 4.90 Å². The van der Waals surface area contributed by atoms with Gasteiger partial charge in [-0.2, -0.15) is 13.2 Å². The lowest BCUT2D eigenvalue weighted by molar-refractivity contribution is -0.153. The van der Waals surface area contributed by atoms with Gasteiger partial charge >= 0.3 is 6.18 Å². The number of Topliss-reactive ketones (excluding diaryl/α,β-unsaturated/α-hetero) is 1. The minimum atomic E-state index is -4.34. The van der Waals surface area contributed by atoms with Crippen molar-refractivity contribution in [1.29, 1.82) is 0 Å². The average Bonchev–Trinajstić information content (AvgIpc) is 2.67. The summed E-state index contributed by atoms with van der Waals surface area (Å²) in [5, 5.41) is 0. The van der Waals surface area contributed by atoms with Crippen LogP contribution in [0.3, 0.4) is 0 Å². The number of hydrogen-bond donors (Lipinski definition) is 0. The number of nitrogens with zero attached hydrogens (tertiary/aromatic N) is 1. The van der Waals surface area contributed by atoms with E-state index >= 15 is 0 Å². The van der Waals surface area contributed by atoms with Crippen molar-refractivity contribution >= 4 is 5.78 Å². The van der Waals surface area contributed by atoms with Crippen molar-refractivity contribution in [2.75, 3.05) is 19.7 Å². The van der Waals surface area contributed by atoms with Crippen molar-refractivity contribution in [3.8, 4) is 5.75 Å². The van der Waals surface area contributed by atoms with Crippen LogP contribution in [0.1, 0.15) is 28.8 Å². The Morgan fingerprint density at radius 1 is 1.04 bits per heavy atom. The number of ether oxygens (including phenoxy) is 1. The Morgan fingerprint density at radius 2 is 1.74 bits per heavy atom. The number of halogens is 3. The van der Waals surface area contributed by atoms with Gasteiger partial charge in [0.05, 0.1) is 0 Å². The number of piperidine rings is 1. The van der Waals surface area contributed by atoms with E-state index in [1.165, 1.54) is 6.07 Å². The number of carbonyl (C=O) groups is 1. The van der Waals surface area contributed by atoms with E-state index < -0.39 is 12.8 Å². The van der Waals surface area contributed by atoms with Crippen LogP contribution >= 0.6 is 0 Å². The molecule has 0 atom stereocenters. The third kappa shape index (κ3) is 5.82. The summed E-state index contributed by atoms with van der Waals surface area (Å²) in [5.74, 6) is 0.446. The van der Waals surface area contributed by atoms with Gasteiger partial charge < -0.3 is 4.74 Å². The summed E-state index contributed by atoms with van der Waals surface area (Å²) in [6.45, 7) is 0.923. The van der Waals surface area contributed by atoms with Gasteiger partial charge in [-0.3, -0.25) is 9.69 Å². The van der Waals surface area contributed by atoms with Gasteiger partial charge in [0, 0.05) is 18.0 Å². The fraction of sp³-hybridized carbons (Fsp3) is 0.381. The van der Waals surface area contributed by atoms with Crippen LogP contribution < -0.4 is 4.74 Å². The Labute approximate surface area is 156 Å². The van der Waals surface area contributed by atoms with E-state index in [2.05, 4.69) is 4.90 Å². The zero-order valence-corrected chi connectivity index (χ0v) is 14.9. The van der Waals surface area contributed by atoms with Gasteiger partial charge in [-0.25, -0.2) is 0 Å². The Hall–Kier alpha value is -2.34. The van der Waals surface area contributed by atoms with Crippen LogP contribution in [0.2, 0.25) is 0 Å². The molecule has 3 nitrogen and oxygen atoms in total. The summed E-state index contributed by atoms with van der Waals surface area (Å²) in [6.07, 6.45) is -2.76. The first-order valence-electron chi connectivity index (χ1n) is 9.01. The minimum absolute atomic E-state index is 0.0325. The number of ketones is 1. The van der Waals surface area contributed by atoms with Crippen molar-refractivity contribution in [3.63, 3.8) is 0 Å². The highest BCUT2D eigenvalue weighted by molar-refractivity contribution is 5.97. The number of carbonyl (C=O) groups excluding carboxylic acids is 1. The maximum absolute atomic E-state index is 12.5. The lowest BCUT2D eigenvalue weighted by atomic mass is 9.89. The second-order valence-electron chi connectivity index (χ2n) is 6.83. The molecule has 0 aromatic heterocycles. The quantitative estimate of drug-likeness (QED) is 0.682. The molecule has 0 aliphatic carbocycles. The zero-order valence-electron chi connectivity index (χ0n) is 14.9. The highest BCUT2D eigenvalue weighted by Gasteiger charge is 2.28. The van der Waals surface area contributed by atoms with Gasteiger partial charge in [-0.15, -0.1) is 0 Å². The van der Waals surface area contributed by atoms with Gasteiger partial charge in [0.1, 0.15) is 5.75 Å². The van der Waals surface area contributed by atoms with E-state index in [1.807, 2.05) is 36.4 Å². The molecule has 144 valence electrons. The van der Waals surface area contributed by atoms with Crippen LogP contribution in [0.15, 0.2) is 54.6 Å². The van der Waals surface area contributed by atoms with Crippen molar-refractivity contribution in [2.24, 2.45) is 5.92 Å². The second-order valence-corrected chi connectivity index (χ2v) is 6.83. The van der Waals surface area contributed by atoms with Gasteiger partial charge in [-0.1, -0.05) is 42.5 Å². The van der Waals surface area contributed by atoms with Gasteiger partial charge in [0.25, 0.3) is 0 Å². The highest BCUT2D eigenvalue weighted by Crippen LogP contribution is 2.24. The minimum Gasteiger partial charge on any atom is -0.484 e. The molecule has 2 aromatic carbocycles. The maximum Gasteiger partial charge on any atom is 0.422 e. The molecule has 6 heteroatoms. The van der Waals surface area contributed by atoms with E-state index in [-0.39, 0.29) is 17.5 Å². The molecule has 1 aliphatic heterocycles.